The molecule has 0 aliphatic carbocycles. The Hall–Kier alpha value is -3.94. The number of benzene rings is 2. The van der Waals surface area contributed by atoms with Gasteiger partial charge in [-0.15, -0.1) is 0 Å². The van der Waals surface area contributed by atoms with Gasteiger partial charge in [-0.05, 0) is 23.8 Å². The highest BCUT2D eigenvalue weighted by Gasteiger charge is 2.45. The summed E-state index contributed by atoms with van der Waals surface area (Å²) in [7, 11) is -4.52. The number of aliphatic imine (C=N–C) groups is 1. The summed E-state index contributed by atoms with van der Waals surface area (Å²) in [5.41, 5.74) is 2.36. The first-order valence-corrected chi connectivity index (χ1v) is 12.7. The van der Waals surface area contributed by atoms with Gasteiger partial charge in [0.2, 0.25) is 5.91 Å². The third kappa shape index (κ3) is 4.63. The van der Waals surface area contributed by atoms with E-state index in [1.807, 2.05) is 24.3 Å². The molecule has 3 aliphatic rings. The van der Waals surface area contributed by atoms with Crippen LogP contribution in [0.4, 0.5) is 13.2 Å². The Morgan fingerprint density at radius 2 is 1.92 bits per heavy atom. The van der Waals surface area contributed by atoms with Crippen molar-refractivity contribution in [3.63, 3.8) is 0 Å². The van der Waals surface area contributed by atoms with Crippen LogP contribution in [0.15, 0.2) is 81.2 Å². The minimum atomic E-state index is -4.73. The van der Waals surface area contributed by atoms with Crippen LogP contribution in [0.5, 0.6) is 0 Å². The molecule has 0 radical (unpaired) electrons. The number of nitrogens with one attached hydrogen (secondary N) is 3. The van der Waals surface area contributed by atoms with E-state index in [-0.39, 0.29) is 13.0 Å². The summed E-state index contributed by atoms with van der Waals surface area (Å²) in [5, 5.41) is 13.6. The summed E-state index contributed by atoms with van der Waals surface area (Å²) < 4.78 is 67.5. The highest BCUT2D eigenvalue weighted by Crippen LogP contribution is 2.36. The van der Waals surface area contributed by atoms with E-state index in [0.29, 0.717) is 18.2 Å². The van der Waals surface area contributed by atoms with E-state index in [2.05, 4.69) is 31.4 Å². The van der Waals surface area contributed by atoms with Crippen molar-refractivity contribution in [1.29, 1.82) is 0 Å². The number of halogens is 3. The summed E-state index contributed by atoms with van der Waals surface area (Å²) in [6.45, 7) is 1.55. The number of carbonyl (C=O) groups is 1. The molecule has 5 rings (SSSR count). The van der Waals surface area contributed by atoms with Gasteiger partial charge in [0.1, 0.15) is 17.4 Å². The van der Waals surface area contributed by atoms with Crippen LogP contribution in [0.1, 0.15) is 23.1 Å². The standard InChI is InChI=1S/C23H22F3N7O3S/c24-23(25,26)17-2-1-3-18(12-17)37(35,36)33-11-10-29-21(34)19(33)13-22(14-30-32-31-22)16-6-4-15(5-7-16)20-27-8-9-28-20/h1-7,10-12,19H,8-9,13-14H2,(H,27,28)(H,29,34)(H,30,31). The predicted molar refractivity (Wildman–Crippen MR) is 127 cm³/mol. The number of sulfonamides is 1. The van der Waals surface area contributed by atoms with Crippen molar-refractivity contribution in [2.75, 3.05) is 19.6 Å². The Morgan fingerprint density at radius 3 is 2.57 bits per heavy atom. The summed E-state index contributed by atoms with van der Waals surface area (Å²) in [4.78, 5) is 16.7. The van der Waals surface area contributed by atoms with Crippen molar-refractivity contribution in [2.24, 2.45) is 15.3 Å². The molecule has 3 N–H and O–H groups in total. The fraction of sp³-hybridized carbons (Fsp3) is 0.304. The molecule has 0 saturated heterocycles. The van der Waals surface area contributed by atoms with Gasteiger partial charge in [-0.25, -0.2) is 8.42 Å². The molecule has 2 atom stereocenters. The number of hydrogen-bond donors (Lipinski definition) is 3. The van der Waals surface area contributed by atoms with Crippen molar-refractivity contribution in [2.45, 2.75) is 29.1 Å². The molecule has 2 aromatic rings. The molecular weight excluding hydrogens is 511 g/mol. The first-order valence-electron chi connectivity index (χ1n) is 11.3. The van der Waals surface area contributed by atoms with Crippen molar-refractivity contribution in [3.8, 4) is 0 Å². The van der Waals surface area contributed by atoms with Crippen LogP contribution < -0.4 is 16.1 Å². The van der Waals surface area contributed by atoms with Crippen LogP contribution in [-0.4, -0.2) is 50.1 Å². The maximum atomic E-state index is 13.5. The Morgan fingerprint density at radius 1 is 1.14 bits per heavy atom. The molecule has 194 valence electrons. The molecule has 37 heavy (non-hydrogen) atoms. The second-order valence-corrected chi connectivity index (χ2v) is 10.6. The third-order valence-electron chi connectivity index (χ3n) is 6.40. The minimum Gasteiger partial charge on any atom is -0.368 e. The first-order chi connectivity index (χ1) is 17.6. The topological polar surface area (TPSA) is 128 Å². The largest absolute Gasteiger partial charge is 0.416 e. The zero-order valence-electron chi connectivity index (χ0n) is 19.2. The van der Waals surface area contributed by atoms with E-state index < -0.39 is 44.1 Å². The normalized spacial score (nSPS) is 23.4. The van der Waals surface area contributed by atoms with E-state index in [1.165, 1.54) is 0 Å². The second kappa shape index (κ2) is 9.18. The number of alkyl halides is 3. The van der Waals surface area contributed by atoms with Gasteiger partial charge in [0.05, 0.1) is 23.5 Å². The van der Waals surface area contributed by atoms with Gasteiger partial charge in [-0.2, -0.15) is 18.3 Å². The van der Waals surface area contributed by atoms with Gasteiger partial charge in [0.25, 0.3) is 10.0 Å². The van der Waals surface area contributed by atoms with Crippen LogP contribution in [0, 0.1) is 0 Å². The average Bonchev–Trinajstić information content (AvgIpc) is 3.58. The van der Waals surface area contributed by atoms with E-state index in [9.17, 15) is 26.4 Å². The average molecular weight is 534 g/mol. The van der Waals surface area contributed by atoms with Gasteiger partial charge in [-0.1, -0.05) is 35.6 Å². The highest BCUT2D eigenvalue weighted by molar-refractivity contribution is 7.89. The summed E-state index contributed by atoms with van der Waals surface area (Å²) in [5.74, 6) is 0.136. The first kappa shape index (κ1) is 24.7. The zero-order valence-corrected chi connectivity index (χ0v) is 20.1. The lowest BCUT2D eigenvalue weighted by Crippen LogP contribution is -2.54. The maximum absolute atomic E-state index is 13.5. The SMILES string of the molecule is O=C1NC=CN(S(=O)(=O)c2cccc(C(F)(F)F)c2)C1CC1(c2ccc(C3=NCCN3)cc2)CN=NN1. The molecule has 0 spiro atoms. The molecule has 0 fully saturated rings. The van der Waals surface area contributed by atoms with Crippen molar-refractivity contribution >= 4 is 21.8 Å². The maximum Gasteiger partial charge on any atom is 0.416 e. The van der Waals surface area contributed by atoms with E-state index >= 15 is 0 Å². The molecular formula is C23H22F3N7O3S. The summed E-state index contributed by atoms with van der Waals surface area (Å²) in [6.07, 6.45) is -2.55. The lowest BCUT2D eigenvalue weighted by molar-refractivity contribution is -0.137. The quantitative estimate of drug-likeness (QED) is 0.525. The van der Waals surface area contributed by atoms with Crippen molar-refractivity contribution in [3.05, 3.63) is 77.6 Å². The van der Waals surface area contributed by atoms with Gasteiger partial charge < -0.3 is 10.6 Å². The number of amides is 1. The molecule has 3 aliphatic heterocycles. The second-order valence-electron chi connectivity index (χ2n) is 8.73. The zero-order chi connectivity index (χ0) is 26.3. The molecule has 10 nitrogen and oxygen atoms in total. The third-order valence-corrected chi connectivity index (χ3v) is 8.18. The fourth-order valence-corrected chi connectivity index (χ4v) is 5.96. The molecule has 2 unspecified atom stereocenters. The number of carbonyl (C=O) groups excluding carboxylic acids is 1. The van der Waals surface area contributed by atoms with Crippen molar-refractivity contribution in [1.82, 2.24) is 20.4 Å². The van der Waals surface area contributed by atoms with Gasteiger partial charge in [-0.3, -0.25) is 19.5 Å². The molecule has 0 saturated carbocycles. The van der Waals surface area contributed by atoms with E-state index in [1.54, 1.807) is 0 Å². The molecule has 0 bridgehead atoms. The highest BCUT2D eigenvalue weighted by atomic mass is 32.2. The molecule has 3 heterocycles. The summed E-state index contributed by atoms with van der Waals surface area (Å²) >= 11 is 0. The monoisotopic (exact) mass is 533 g/mol. The van der Waals surface area contributed by atoms with Crippen LogP contribution >= 0.6 is 0 Å². The Balaban J connectivity index is 1.48. The molecule has 14 heteroatoms. The predicted octanol–water partition coefficient (Wildman–Crippen LogP) is 2.27. The molecule has 1 amide bonds. The molecule has 2 aromatic carbocycles. The Bertz CT molecular complexity index is 1400. The minimum absolute atomic E-state index is 0.0904. The van der Waals surface area contributed by atoms with E-state index in [0.717, 1.165) is 52.8 Å². The lowest BCUT2D eigenvalue weighted by Gasteiger charge is -2.37. The lowest BCUT2D eigenvalue weighted by atomic mass is 9.83. The van der Waals surface area contributed by atoms with Crippen molar-refractivity contribution < 1.29 is 26.4 Å². The Kier molecular flexibility index (Phi) is 6.14. The van der Waals surface area contributed by atoms with Gasteiger partial charge in [0, 0.05) is 30.9 Å². The van der Waals surface area contributed by atoms with E-state index in [4.69, 9.17) is 0 Å². The number of rotatable bonds is 6. The van der Waals surface area contributed by atoms with Crippen LogP contribution in [0.2, 0.25) is 0 Å². The summed E-state index contributed by atoms with van der Waals surface area (Å²) in [6, 6.07) is 9.48. The number of amidine groups is 1. The van der Waals surface area contributed by atoms with Crippen LogP contribution in [0.3, 0.4) is 0 Å². The number of hydrogen-bond acceptors (Lipinski definition) is 8. The van der Waals surface area contributed by atoms with Gasteiger partial charge >= 0.3 is 6.18 Å². The van der Waals surface area contributed by atoms with Crippen LogP contribution in [-0.2, 0) is 26.5 Å². The fourth-order valence-electron chi connectivity index (χ4n) is 4.47. The Labute approximate surface area is 210 Å². The molecule has 0 aromatic heterocycles. The van der Waals surface area contributed by atoms with Crippen LogP contribution in [0.25, 0.3) is 0 Å². The smallest absolute Gasteiger partial charge is 0.368 e. The number of nitrogens with zero attached hydrogens (tertiary/aromatic N) is 4. The van der Waals surface area contributed by atoms with Gasteiger partial charge in [0.15, 0.2) is 0 Å².